The zero-order valence-electron chi connectivity index (χ0n) is 30.3. The molecule has 3 heterocycles. The van der Waals surface area contributed by atoms with Crippen molar-refractivity contribution in [3.05, 3.63) is 58.1 Å². The number of carbonyl (C=O) groups is 1. The van der Waals surface area contributed by atoms with Crippen molar-refractivity contribution in [2.45, 2.75) is 103 Å². The van der Waals surface area contributed by atoms with Gasteiger partial charge in [-0.15, -0.1) is 0 Å². The summed E-state index contributed by atoms with van der Waals surface area (Å²) in [6, 6.07) is 11.9. The number of alkyl halides is 1. The number of benzene rings is 2. The first-order valence-corrected chi connectivity index (χ1v) is 20.3. The normalized spacial score (nSPS) is 24.2. The fourth-order valence-electron chi connectivity index (χ4n) is 7.24. The third-order valence-corrected chi connectivity index (χ3v) is 12.5. The number of fused-ring (bicyclic) bond motifs is 1. The number of hydrogen-bond acceptors (Lipinski definition) is 7. The standard InChI is InChI=1S/C36H51ClN2O5S.C3H6FN/c1-5-8-24(3)25(4)45(41)38-36(40)28-12-15-34-33(19-28)39(21-29-11-10-26(29)20-35-42-16-7-17-43-35)22-30(23-44-34)32-14-13-31(37)18-27(32)9-6-2;4-3-1-5-2-3/h12-15,18-19,24-26,29-30,35H,5-11,16-17,20-23H2,1-4H3,(H,38,40);3,5H,1-2H2. The topological polar surface area (TPSA) is 89.1 Å². The molecule has 8 nitrogen and oxygen atoms in total. The molecule has 1 amide bonds. The van der Waals surface area contributed by atoms with Crippen LogP contribution in [0.25, 0.3) is 0 Å². The van der Waals surface area contributed by atoms with E-state index in [2.05, 4.69) is 47.8 Å². The molecule has 0 radical (unpaired) electrons. The van der Waals surface area contributed by atoms with Crippen LogP contribution in [0.3, 0.4) is 0 Å². The van der Waals surface area contributed by atoms with Gasteiger partial charge in [0.15, 0.2) is 6.29 Å². The van der Waals surface area contributed by atoms with Gasteiger partial charge >= 0.3 is 0 Å². The molecular weight excluding hydrogens is 677 g/mol. The predicted molar refractivity (Wildman–Crippen MR) is 200 cm³/mol. The molecule has 0 spiro atoms. The summed E-state index contributed by atoms with van der Waals surface area (Å²) in [6.45, 7) is 13.2. The van der Waals surface area contributed by atoms with Crippen LogP contribution in [0, 0.1) is 17.8 Å². The van der Waals surface area contributed by atoms with Crippen LogP contribution in [-0.2, 0) is 26.9 Å². The molecule has 6 atom stereocenters. The largest absolute Gasteiger partial charge is 0.491 e. The lowest BCUT2D eigenvalue weighted by Crippen LogP contribution is -2.43. The summed E-state index contributed by atoms with van der Waals surface area (Å²) in [6.07, 6.45) is 7.56. The molecule has 50 heavy (non-hydrogen) atoms. The van der Waals surface area contributed by atoms with Gasteiger partial charge in [0.2, 0.25) is 0 Å². The minimum Gasteiger partial charge on any atom is -0.491 e. The van der Waals surface area contributed by atoms with Crippen molar-refractivity contribution < 1.29 is 27.6 Å². The number of hydrogen-bond donors (Lipinski definition) is 2. The number of aryl methyl sites for hydroxylation is 1. The van der Waals surface area contributed by atoms with Crippen molar-refractivity contribution in [3.8, 4) is 5.75 Å². The number of nitrogens with zero attached hydrogens (tertiary/aromatic N) is 1. The van der Waals surface area contributed by atoms with E-state index in [-0.39, 0.29) is 29.3 Å². The molecule has 2 saturated heterocycles. The van der Waals surface area contributed by atoms with E-state index in [1.165, 1.54) is 17.5 Å². The Labute approximate surface area is 306 Å². The van der Waals surface area contributed by atoms with E-state index in [9.17, 15) is 13.4 Å². The number of carbonyl (C=O) groups excluding carboxylic acids is 1. The van der Waals surface area contributed by atoms with Gasteiger partial charge < -0.3 is 24.4 Å². The van der Waals surface area contributed by atoms with Crippen molar-refractivity contribution in [1.82, 2.24) is 10.0 Å². The lowest BCUT2D eigenvalue weighted by atomic mass is 9.71. The summed E-state index contributed by atoms with van der Waals surface area (Å²) in [5.41, 5.74) is 3.96. The Morgan fingerprint density at radius 2 is 1.82 bits per heavy atom. The smallest absolute Gasteiger partial charge is 0.263 e. The molecular formula is C39H57ClFN3O5S. The Morgan fingerprint density at radius 1 is 1.08 bits per heavy atom. The van der Waals surface area contributed by atoms with E-state index in [1.807, 2.05) is 25.1 Å². The second-order valence-electron chi connectivity index (χ2n) is 14.5. The van der Waals surface area contributed by atoms with E-state index in [4.69, 9.17) is 25.8 Å². The number of anilines is 1. The highest BCUT2D eigenvalue weighted by Crippen LogP contribution is 2.43. The zero-order valence-corrected chi connectivity index (χ0v) is 31.8. The summed E-state index contributed by atoms with van der Waals surface area (Å²) in [5.74, 6) is 1.90. The summed E-state index contributed by atoms with van der Waals surface area (Å²) >= 11 is 6.43. The van der Waals surface area contributed by atoms with Crippen LogP contribution in [0.1, 0.15) is 100 Å². The summed E-state index contributed by atoms with van der Waals surface area (Å²) in [5, 5.41) is 3.42. The summed E-state index contributed by atoms with van der Waals surface area (Å²) < 4.78 is 45.6. The van der Waals surface area contributed by atoms with E-state index >= 15 is 0 Å². The Hall–Kier alpha value is -2.24. The molecule has 11 heteroatoms. The fraction of sp³-hybridized carbons (Fsp3) is 0.667. The third-order valence-electron chi connectivity index (χ3n) is 10.7. The van der Waals surface area contributed by atoms with Gasteiger partial charge in [0.25, 0.3) is 5.91 Å². The monoisotopic (exact) mass is 733 g/mol. The van der Waals surface area contributed by atoms with Gasteiger partial charge in [-0.2, -0.15) is 0 Å². The molecule has 2 N–H and O–H groups in total. The van der Waals surface area contributed by atoms with Gasteiger partial charge in [-0.1, -0.05) is 51.3 Å². The minimum atomic E-state index is -1.47. The van der Waals surface area contributed by atoms with E-state index in [0.717, 1.165) is 87.7 Å². The Bertz CT molecular complexity index is 1420. The van der Waals surface area contributed by atoms with Crippen LogP contribution >= 0.6 is 11.6 Å². The van der Waals surface area contributed by atoms with Crippen LogP contribution in [0.2, 0.25) is 5.02 Å². The van der Waals surface area contributed by atoms with E-state index in [0.29, 0.717) is 37.1 Å². The lowest BCUT2D eigenvalue weighted by molar-refractivity contribution is -0.192. The molecule has 2 aromatic rings. The first kappa shape index (κ1) is 39.0. The lowest BCUT2D eigenvalue weighted by Gasteiger charge is -2.42. The molecule has 6 unspecified atom stereocenters. The highest BCUT2D eigenvalue weighted by molar-refractivity contribution is 7.84. The van der Waals surface area contributed by atoms with Crippen LogP contribution in [0.15, 0.2) is 36.4 Å². The van der Waals surface area contributed by atoms with Crippen LogP contribution < -0.4 is 19.7 Å². The maximum absolute atomic E-state index is 13.4. The SMILES string of the molecule is CCCc1cc(Cl)ccc1C1COc2ccc(C(=O)NS(=O)C(C)C(C)CCC)cc2N(CC2CCC2CC2OCCCO2)C1.FC1CNC1. The minimum absolute atomic E-state index is 0.108. The van der Waals surface area contributed by atoms with Crippen LogP contribution in [0.4, 0.5) is 10.1 Å². The van der Waals surface area contributed by atoms with Crippen molar-refractivity contribution >= 4 is 34.2 Å². The molecule has 0 bridgehead atoms. The number of ether oxygens (including phenoxy) is 3. The van der Waals surface area contributed by atoms with Gasteiger partial charge in [0, 0.05) is 49.1 Å². The van der Waals surface area contributed by atoms with Crippen molar-refractivity contribution in [1.29, 1.82) is 0 Å². The van der Waals surface area contributed by atoms with Crippen molar-refractivity contribution in [2.24, 2.45) is 17.8 Å². The summed E-state index contributed by atoms with van der Waals surface area (Å²) in [7, 11) is -1.47. The Kier molecular flexibility index (Phi) is 14.8. The van der Waals surface area contributed by atoms with Gasteiger partial charge in [-0.05, 0) is 98.2 Å². The number of amides is 1. The zero-order chi connectivity index (χ0) is 35.6. The number of halogens is 2. The average Bonchev–Trinajstić information content (AvgIpc) is 3.27. The second kappa shape index (κ2) is 19.0. The first-order chi connectivity index (χ1) is 24.2. The highest BCUT2D eigenvalue weighted by atomic mass is 35.5. The number of rotatable bonds is 13. The number of nitrogens with one attached hydrogen (secondary N) is 2. The van der Waals surface area contributed by atoms with Gasteiger partial charge in [-0.25, -0.2) is 8.60 Å². The molecule has 4 aliphatic rings. The molecule has 6 rings (SSSR count). The maximum Gasteiger partial charge on any atom is 0.263 e. The van der Waals surface area contributed by atoms with Crippen molar-refractivity contribution in [3.63, 3.8) is 0 Å². The van der Waals surface area contributed by atoms with Gasteiger partial charge in [-0.3, -0.25) is 9.52 Å². The Morgan fingerprint density at radius 3 is 2.46 bits per heavy atom. The Balaban J connectivity index is 0.000000892. The van der Waals surface area contributed by atoms with Crippen molar-refractivity contribution in [2.75, 3.05) is 50.9 Å². The first-order valence-electron chi connectivity index (χ1n) is 18.8. The predicted octanol–water partition coefficient (Wildman–Crippen LogP) is 7.60. The molecule has 1 saturated carbocycles. The molecule has 1 aliphatic carbocycles. The quantitative estimate of drug-likeness (QED) is 0.219. The molecule has 278 valence electrons. The molecule has 3 fully saturated rings. The molecule has 2 aromatic carbocycles. The molecule has 0 aromatic heterocycles. The van der Waals surface area contributed by atoms with Gasteiger partial charge in [0.05, 0.1) is 30.8 Å². The summed E-state index contributed by atoms with van der Waals surface area (Å²) in [4.78, 5) is 15.8. The maximum atomic E-state index is 13.4. The highest BCUT2D eigenvalue weighted by Gasteiger charge is 2.37. The van der Waals surface area contributed by atoms with Crippen LogP contribution in [-0.4, -0.2) is 73.8 Å². The van der Waals surface area contributed by atoms with E-state index in [1.54, 1.807) is 6.07 Å². The average molecular weight is 734 g/mol. The molecule has 3 aliphatic heterocycles. The third kappa shape index (κ3) is 10.4. The van der Waals surface area contributed by atoms with Crippen LogP contribution in [0.5, 0.6) is 5.75 Å². The second-order valence-corrected chi connectivity index (χ2v) is 16.5. The fourth-order valence-corrected chi connectivity index (χ4v) is 8.48. The van der Waals surface area contributed by atoms with Gasteiger partial charge in [0.1, 0.15) is 22.9 Å². The van der Waals surface area contributed by atoms with E-state index < -0.39 is 17.2 Å².